The Bertz CT molecular complexity index is 970. The molecular formula is C19H17NO3. The minimum absolute atomic E-state index is 0.00748. The first-order valence-corrected chi connectivity index (χ1v) is 7.37. The summed E-state index contributed by atoms with van der Waals surface area (Å²) in [5, 5.41) is 3.26. The van der Waals surface area contributed by atoms with Crippen molar-refractivity contribution in [1.29, 1.82) is 0 Å². The molecule has 0 fully saturated rings. The molecule has 1 N–H and O–H groups in total. The van der Waals surface area contributed by atoms with Gasteiger partial charge in [-0.25, -0.2) is 0 Å². The lowest BCUT2D eigenvalue weighted by Gasteiger charge is -2.09. The number of amides is 1. The number of hydrogen-bond acceptors (Lipinski definition) is 3. The van der Waals surface area contributed by atoms with E-state index in [0.717, 1.165) is 16.7 Å². The third-order valence-electron chi connectivity index (χ3n) is 3.74. The van der Waals surface area contributed by atoms with E-state index in [1.165, 1.54) is 6.07 Å². The maximum absolute atomic E-state index is 12.4. The SMILES string of the molecule is Cc1ccc(NC(=O)c2cc(=O)c3ccc(C)cc3o2)c(C)c1. The number of rotatable bonds is 2. The van der Waals surface area contributed by atoms with E-state index in [-0.39, 0.29) is 11.2 Å². The Morgan fingerprint density at radius 1 is 0.957 bits per heavy atom. The molecular weight excluding hydrogens is 290 g/mol. The summed E-state index contributed by atoms with van der Waals surface area (Å²) in [5.41, 5.74) is 3.94. The number of fused-ring (bicyclic) bond motifs is 1. The molecule has 4 nitrogen and oxygen atoms in total. The summed E-state index contributed by atoms with van der Waals surface area (Å²) in [6.45, 7) is 5.81. The van der Waals surface area contributed by atoms with Gasteiger partial charge in [0.15, 0.2) is 11.2 Å². The Balaban J connectivity index is 1.99. The van der Waals surface area contributed by atoms with Crippen LogP contribution in [0.3, 0.4) is 0 Å². The van der Waals surface area contributed by atoms with Crippen molar-refractivity contribution in [2.24, 2.45) is 0 Å². The number of benzene rings is 2. The molecule has 0 atom stereocenters. The molecule has 3 rings (SSSR count). The van der Waals surface area contributed by atoms with Gasteiger partial charge in [-0.3, -0.25) is 9.59 Å². The van der Waals surface area contributed by atoms with Gasteiger partial charge in [-0.1, -0.05) is 23.8 Å². The zero-order valence-corrected chi connectivity index (χ0v) is 13.3. The van der Waals surface area contributed by atoms with E-state index < -0.39 is 5.91 Å². The monoisotopic (exact) mass is 307 g/mol. The van der Waals surface area contributed by atoms with Gasteiger partial charge in [0.05, 0.1) is 5.39 Å². The summed E-state index contributed by atoms with van der Waals surface area (Å²) < 4.78 is 5.61. The molecule has 0 saturated heterocycles. The van der Waals surface area contributed by atoms with E-state index in [2.05, 4.69) is 5.32 Å². The Kier molecular flexibility index (Phi) is 3.74. The van der Waals surface area contributed by atoms with Crippen LogP contribution in [-0.4, -0.2) is 5.91 Å². The molecule has 0 saturated carbocycles. The van der Waals surface area contributed by atoms with Crippen LogP contribution in [0.15, 0.2) is 51.7 Å². The lowest BCUT2D eigenvalue weighted by Crippen LogP contribution is -2.15. The molecule has 0 unspecified atom stereocenters. The molecule has 0 aliphatic carbocycles. The van der Waals surface area contributed by atoms with Crippen molar-refractivity contribution in [2.75, 3.05) is 5.32 Å². The molecule has 0 aliphatic rings. The first-order valence-electron chi connectivity index (χ1n) is 7.37. The molecule has 2 aromatic carbocycles. The van der Waals surface area contributed by atoms with Crippen LogP contribution in [-0.2, 0) is 0 Å². The van der Waals surface area contributed by atoms with Crippen molar-refractivity contribution in [3.63, 3.8) is 0 Å². The van der Waals surface area contributed by atoms with Crippen molar-refractivity contribution < 1.29 is 9.21 Å². The van der Waals surface area contributed by atoms with E-state index in [1.54, 1.807) is 12.1 Å². The van der Waals surface area contributed by atoms with E-state index in [1.807, 2.05) is 45.0 Å². The molecule has 0 bridgehead atoms. The van der Waals surface area contributed by atoms with Gasteiger partial charge in [-0.15, -0.1) is 0 Å². The van der Waals surface area contributed by atoms with Crippen LogP contribution in [0.5, 0.6) is 0 Å². The molecule has 0 radical (unpaired) electrons. The maximum Gasteiger partial charge on any atom is 0.291 e. The number of nitrogens with one attached hydrogen (secondary N) is 1. The zero-order valence-electron chi connectivity index (χ0n) is 13.3. The molecule has 0 aliphatic heterocycles. The van der Waals surface area contributed by atoms with Gasteiger partial charge in [0, 0.05) is 11.8 Å². The average Bonchev–Trinajstić information content (AvgIpc) is 2.49. The second-order valence-corrected chi connectivity index (χ2v) is 5.75. The van der Waals surface area contributed by atoms with Crippen LogP contribution in [0.25, 0.3) is 11.0 Å². The van der Waals surface area contributed by atoms with Crippen molar-refractivity contribution in [1.82, 2.24) is 0 Å². The summed E-state index contributed by atoms with van der Waals surface area (Å²) in [4.78, 5) is 24.5. The van der Waals surface area contributed by atoms with Gasteiger partial charge in [-0.2, -0.15) is 0 Å². The standard InChI is InChI=1S/C19H17NO3/c1-11-5-7-15(13(3)8-11)20-19(22)18-10-16(21)14-6-4-12(2)9-17(14)23-18/h4-10H,1-3H3,(H,20,22). The predicted octanol–water partition coefficient (Wildman–Crippen LogP) is 3.97. The average molecular weight is 307 g/mol. The molecule has 116 valence electrons. The fourth-order valence-corrected chi connectivity index (χ4v) is 2.51. The van der Waals surface area contributed by atoms with E-state index in [4.69, 9.17) is 4.42 Å². The fraction of sp³-hybridized carbons (Fsp3) is 0.158. The molecule has 4 heteroatoms. The van der Waals surface area contributed by atoms with Crippen LogP contribution in [0, 0.1) is 20.8 Å². The Labute approximate surface area is 133 Å². The lowest BCUT2D eigenvalue weighted by molar-refractivity contribution is 0.0997. The van der Waals surface area contributed by atoms with Gasteiger partial charge in [0.2, 0.25) is 0 Å². The summed E-state index contributed by atoms with van der Waals surface area (Å²) in [5.74, 6) is -0.425. The third kappa shape index (κ3) is 3.01. The van der Waals surface area contributed by atoms with Crippen LogP contribution >= 0.6 is 0 Å². The highest BCUT2D eigenvalue weighted by Gasteiger charge is 2.13. The van der Waals surface area contributed by atoms with E-state index in [0.29, 0.717) is 16.7 Å². The summed E-state index contributed by atoms with van der Waals surface area (Å²) in [6, 6.07) is 12.3. The maximum atomic E-state index is 12.4. The quantitative estimate of drug-likeness (QED) is 0.779. The minimum atomic E-state index is -0.433. The second kappa shape index (κ2) is 5.72. The number of aryl methyl sites for hydroxylation is 3. The van der Waals surface area contributed by atoms with Gasteiger partial charge < -0.3 is 9.73 Å². The van der Waals surface area contributed by atoms with Crippen LogP contribution < -0.4 is 10.7 Å². The summed E-state index contributed by atoms with van der Waals surface area (Å²) in [6.07, 6.45) is 0. The molecule has 23 heavy (non-hydrogen) atoms. The van der Waals surface area contributed by atoms with Gasteiger partial charge in [-0.05, 0) is 50.1 Å². The highest BCUT2D eigenvalue weighted by atomic mass is 16.3. The molecule has 1 heterocycles. The summed E-state index contributed by atoms with van der Waals surface area (Å²) >= 11 is 0. The summed E-state index contributed by atoms with van der Waals surface area (Å²) in [7, 11) is 0. The lowest BCUT2D eigenvalue weighted by atomic mass is 10.1. The molecule has 3 aromatic rings. The minimum Gasteiger partial charge on any atom is -0.451 e. The third-order valence-corrected chi connectivity index (χ3v) is 3.74. The Morgan fingerprint density at radius 2 is 1.65 bits per heavy atom. The fourth-order valence-electron chi connectivity index (χ4n) is 2.51. The number of carbonyl (C=O) groups excluding carboxylic acids is 1. The zero-order chi connectivity index (χ0) is 16.6. The Morgan fingerprint density at radius 3 is 2.39 bits per heavy atom. The van der Waals surface area contributed by atoms with E-state index in [9.17, 15) is 9.59 Å². The number of anilines is 1. The molecule has 0 spiro atoms. The van der Waals surface area contributed by atoms with Gasteiger partial charge >= 0.3 is 0 Å². The van der Waals surface area contributed by atoms with Crippen molar-refractivity contribution in [3.8, 4) is 0 Å². The van der Waals surface area contributed by atoms with Crippen LogP contribution in [0.2, 0.25) is 0 Å². The number of hydrogen-bond donors (Lipinski definition) is 1. The van der Waals surface area contributed by atoms with Gasteiger partial charge in [0.1, 0.15) is 5.58 Å². The topological polar surface area (TPSA) is 59.3 Å². The smallest absolute Gasteiger partial charge is 0.291 e. The highest BCUT2D eigenvalue weighted by molar-refractivity contribution is 6.03. The van der Waals surface area contributed by atoms with Crippen molar-refractivity contribution >= 4 is 22.6 Å². The predicted molar refractivity (Wildman–Crippen MR) is 91.1 cm³/mol. The highest BCUT2D eigenvalue weighted by Crippen LogP contribution is 2.18. The normalized spacial score (nSPS) is 10.7. The largest absolute Gasteiger partial charge is 0.451 e. The van der Waals surface area contributed by atoms with E-state index >= 15 is 0 Å². The second-order valence-electron chi connectivity index (χ2n) is 5.75. The first-order chi connectivity index (χ1) is 10.9. The molecule has 1 aromatic heterocycles. The first kappa shape index (κ1) is 15.0. The van der Waals surface area contributed by atoms with Gasteiger partial charge in [0.25, 0.3) is 5.91 Å². The van der Waals surface area contributed by atoms with Crippen molar-refractivity contribution in [2.45, 2.75) is 20.8 Å². The Hall–Kier alpha value is -2.88. The molecule has 1 amide bonds. The number of carbonyl (C=O) groups is 1. The van der Waals surface area contributed by atoms with Crippen LogP contribution in [0.4, 0.5) is 5.69 Å². The van der Waals surface area contributed by atoms with Crippen molar-refractivity contribution in [3.05, 3.63) is 75.1 Å². The van der Waals surface area contributed by atoms with Crippen LogP contribution in [0.1, 0.15) is 27.2 Å².